The van der Waals surface area contributed by atoms with Crippen LogP contribution in [-0.4, -0.2) is 13.0 Å². The molecule has 0 unspecified atom stereocenters. The molecule has 0 atom stereocenters. The molecule has 26 heavy (non-hydrogen) atoms. The Morgan fingerprint density at radius 1 is 1.27 bits per heavy atom. The van der Waals surface area contributed by atoms with Crippen LogP contribution in [0, 0.1) is 5.82 Å². The molecular weight excluding hydrogens is 427 g/mol. The van der Waals surface area contributed by atoms with Crippen molar-refractivity contribution in [3.05, 3.63) is 63.5 Å². The summed E-state index contributed by atoms with van der Waals surface area (Å²) in [4.78, 5) is 12.5. The number of benzene rings is 2. The van der Waals surface area contributed by atoms with E-state index in [0.717, 1.165) is 0 Å². The number of nitrogens with two attached hydrogens (primary N) is 1. The standard InChI is InChI=1S/C18H13BrClFN2O3/c1-25-16-8-10(22)7-11(19)17(16)23-18(24)15-5-4-14(26-15)9-2-3-13(21)12(20)6-9/h2-8H,22H2,1H3,(H,23,24). The third-order valence-corrected chi connectivity index (χ3v) is 4.48. The van der Waals surface area contributed by atoms with Gasteiger partial charge in [-0.1, -0.05) is 11.6 Å². The molecule has 8 heteroatoms. The molecule has 0 radical (unpaired) electrons. The molecule has 1 aromatic heterocycles. The van der Waals surface area contributed by atoms with E-state index in [-0.39, 0.29) is 10.8 Å². The normalized spacial score (nSPS) is 10.6. The molecule has 0 spiro atoms. The minimum atomic E-state index is -0.528. The number of nitrogens with one attached hydrogen (secondary N) is 1. The van der Waals surface area contributed by atoms with Crippen LogP contribution in [0.4, 0.5) is 15.8 Å². The second-order valence-electron chi connectivity index (χ2n) is 5.33. The SMILES string of the molecule is COc1cc(N)cc(Br)c1NC(=O)c1ccc(-c2ccc(F)c(Cl)c2)o1. The fraction of sp³-hybridized carbons (Fsp3) is 0.0556. The maximum atomic E-state index is 13.3. The molecule has 0 bridgehead atoms. The van der Waals surface area contributed by atoms with Gasteiger partial charge in [-0.25, -0.2) is 4.39 Å². The lowest BCUT2D eigenvalue weighted by Gasteiger charge is -2.12. The maximum absolute atomic E-state index is 13.3. The van der Waals surface area contributed by atoms with Crippen molar-refractivity contribution in [2.45, 2.75) is 0 Å². The zero-order chi connectivity index (χ0) is 18.8. The van der Waals surface area contributed by atoms with Crippen LogP contribution in [0.15, 0.2) is 51.4 Å². The van der Waals surface area contributed by atoms with Crippen molar-refractivity contribution >= 4 is 44.8 Å². The lowest BCUT2D eigenvalue weighted by molar-refractivity contribution is 0.0997. The Balaban J connectivity index is 1.86. The molecule has 3 aromatic rings. The van der Waals surface area contributed by atoms with Gasteiger partial charge in [-0.15, -0.1) is 0 Å². The fourth-order valence-corrected chi connectivity index (χ4v) is 3.06. The van der Waals surface area contributed by atoms with E-state index < -0.39 is 11.7 Å². The molecule has 3 rings (SSSR count). The number of methoxy groups -OCH3 is 1. The average Bonchev–Trinajstić information content (AvgIpc) is 3.09. The lowest BCUT2D eigenvalue weighted by Crippen LogP contribution is -2.12. The third kappa shape index (κ3) is 3.68. The van der Waals surface area contributed by atoms with E-state index in [0.29, 0.717) is 32.9 Å². The van der Waals surface area contributed by atoms with Gasteiger partial charge in [0.2, 0.25) is 0 Å². The van der Waals surface area contributed by atoms with Gasteiger partial charge in [-0.3, -0.25) is 4.79 Å². The molecular formula is C18H13BrClFN2O3. The second-order valence-corrected chi connectivity index (χ2v) is 6.59. The second kappa shape index (κ2) is 7.39. The van der Waals surface area contributed by atoms with E-state index in [1.165, 1.54) is 31.4 Å². The van der Waals surface area contributed by atoms with Crippen molar-refractivity contribution in [2.24, 2.45) is 0 Å². The highest BCUT2D eigenvalue weighted by molar-refractivity contribution is 9.10. The van der Waals surface area contributed by atoms with E-state index in [2.05, 4.69) is 21.2 Å². The number of amides is 1. The number of halogens is 3. The molecule has 0 aliphatic carbocycles. The largest absolute Gasteiger partial charge is 0.494 e. The topological polar surface area (TPSA) is 77.5 Å². The molecule has 134 valence electrons. The summed E-state index contributed by atoms with van der Waals surface area (Å²) in [6, 6.07) is 10.5. The van der Waals surface area contributed by atoms with Crippen molar-refractivity contribution in [2.75, 3.05) is 18.2 Å². The van der Waals surface area contributed by atoms with Crippen LogP contribution in [0.3, 0.4) is 0 Å². The number of anilines is 2. The number of ether oxygens (including phenoxy) is 1. The van der Waals surface area contributed by atoms with Gasteiger partial charge >= 0.3 is 0 Å². The minimum absolute atomic E-state index is 0.0274. The first-order chi connectivity index (χ1) is 12.4. The van der Waals surface area contributed by atoms with Gasteiger partial charge in [0.05, 0.1) is 17.8 Å². The lowest BCUT2D eigenvalue weighted by atomic mass is 10.2. The summed E-state index contributed by atoms with van der Waals surface area (Å²) in [5, 5.41) is 2.68. The Kier molecular flexibility index (Phi) is 5.20. The molecule has 0 saturated carbocycles. The van der Waals surface area contributed by atoms with Gasteiger partial charge in [0.1, 0.15) is 17.3 Å². The zero-order valence-electron chi connectivity index (χ0n) is 13.5. The summed E-state index contributed by atoms with van der Waals surface area (Å²) < 4.78 is 24.6. The van der Waals surface area contributed by atoms with E-state index in [1.54, 1.807) is 18.2 Å². The first-order valence-corrected chi connectivity index (χ1v) is 8.55. The number of hydrogen-bond donors (Lipinski definition) is 2. The summed E-state index contributed by atoms with van der Waals surface area (Å²) >= 11 is 9.12. The van der Waals surface area contributed by atoms with Gasteiger partial charge in [0.25, 0.3) is 5.91 Å². The van der Waals surface area contributed by atoms with Gasteiger partial charge in [-0.05, 0) is 52.3 Å². The van der Waals surface area contributed by atoms with Gasteiger partial charge < -0.3 is 20.2 Å². The van der Waals surface area contributed by atoms with Crippen molar-refractivity contribution in [3.8, 4) is 17.1 Å². The number of rotatable bonds is 4. The number of hydrogen-bond acceptors (Lipinski definition) is 4. The fourth-order valence-electron chi connectivity index (χ4n) is 2.32. The number of carbonyl (C=O) groups is 1. The van der Waals surface area contributed by atoms with Gasteiger partial charge in [0.15, 0.2) is 5.76 Å². The Morgan fingerprint density at radius 3 is 2.73 bits per heavy atom. The summed E-state index contributed by atoms with van der Waals surface area (Å²) in [6.45, 7) is 0. The van der Waals surface area contributed by atoms with E-state index in [1.807, 2.05) is 0 Å². The molecule has 0 aliphatic heterocycles. The molecule has 0 aliphatic rings. The first-order valence-electron chi connectivity index (χ1n) is 7.38. The van der Waals surface area contributed by atoms with Crippen LogP contribution in [0.25, 0.3) is 11.3 Å². The highest BCUT2D eigenvalue weighted by Gasteiger charge is 2.17. The quantitative estimate of drug-likeness (QED) is 0.538. The van der Waals surface area contributed by atoms with Gasteiger partial charge in [0, 0.05) is 21.8 Å². The Bertz CT molecular complexity index is 991. The highest BCUT2D eigenvalue weighted by Crippen LogP contribution is 2.36. The monoisotopic (exact) mass is 438 g/mol. The molecule has 2 aromatic carbocycles. The van der Waals surface area contributed by atoms with E-state index >= 15 is 0 Å². The summed E-state index contributed by atoms with van der Waals surface area (Å²) in [5.74, 6) is -0.137. The average molecular weight is 440 g/mol. The van der Waals surface area contributed by atoms with E-state index in [9.17, 15) is 9.18 Å². The molecule has 1 amide bonds. The van der Waals surface area contributed by atoms with Crippen LogP contribution >= 0.6 is 27.5 Å². The van der Waals surface area contributed by atoms with E-state index in [4.69, 9.17) is 26.5 Å². The molecule has 3 N–H and O–H groups in total. The van der Waals surface area contributed by atoms with Crippen LogP contribution in [-0.2, 0) is 0 Å². The zero-order valence-corrected chi connectivity index (χ0v) is 15.8. The Labute approximate surface area is 162 Å². The number of furan rings is 1. The van der Waals surface area contributed by atoms with Crippen molar-refractivity contribution in [1.82, 2.24) is 0 Å². The summed E-state index contributed by atoms with van der Waals surface area (Å²) in [7, 11) is 1.47. The van der Waals surface area contributed by atoms with Crippen LogP contribution in [0.5, 0.6) is 5.75 Å². The smallest absolute Gasteiger partial charge is 0.291 e. The van der Waals surface area contributed by atoms with Crippen molar-refractivity contribution in [3.63, 3.8) is 0 Å². The summed E-state index contributed by atoms with van der Waals surface area (Å²) in [6.07, 6.45) is 0. The van der Waals surface area contributed by atoms with Crippen LogP contribution in [0.2, 0.25) is 5.02 Å². The first kappa shape index (κ1) is 18.3. The molecule has 0 saturated heterocycles. The highest BCUT2D eigenvalue weighted by atomic mass is 79.9. The predicted octanol–water partition coefficient (Wildman–Crippen LogP) is 5.34. The number of carbonyl (C=O) groups excluding carboxylic acids is 1. The van der Waals surface area contributed by atoms with Gasteiger partial charge in [-0.2, -0.15) is 0 Å². The van der Waals surface area contributed by atoms with Crippen LogP contribution in [0.1, 0.15) is 10.6 Å². The Morgan fingerprint density at radius 2 is 2.04 bits per heavy atom. The van der Waals surface area contributed by atoms with Crippen molar-refractivity contribution < 1.29 is 18.3 Å². The van der Waals surface area contributed by atoms with Crippen molar-refractivity contribution in [1.29, 1.82) is 0 Å². The Hall–Kier alpha value is -2.51. The molecule has 0 fully saturated rings. The molecule has 1 heterocycles. The predicted molar refractivity (Wildman–Crippen MR) is 102 cm³/mol. The molecule has 5 nitrogen and oxygen atoms in total. The maximum Gasteiger partial charge on any atom is 0.291 e. The minimum Gasteiger partial charge on any atom is -0.494 e. The summed E-state index contributed by atoms with van der Waals surface area (Å²) in [5.41, 5.74) is 7.23. The number of nitrogen functional groups attached to an aromatic ring is 1. The van der Waals surface area contributed by atoms with Crippen LogP contribution < -0.4 is 15.8 Å². The third-order valence-electron chi connectivity index (χ3n) is 3.57.